The van der Waals surface area contributed by atoms with Crippen molar-refractivity contribution in [3.63, 3.8) is 0 Å². The maximum Gasteiger partial charge on any atom is 0.232 e. The van der Waals surface area contributed by atoms with Crippen LogP contribution in [0.4, 0.5) is 5.69 Å². The van der Waals surface area contributed by atoms with Crippen molar-refractivity contribution in [1.29, 1.82) is 0 Å². The molecule has 0 unspecified atom stereocenters. The molecule has 23 heavy (non-hydrogen) atoms. The van der Waals surface area contributed by atoms with Gasteiger partial charge in [-0.15, -0.1) is 0 Å². The standard InChI is InChI=1S/C19H21NO3/c1-3-13(2)18(14-7-5-4-6-8-14)19(21)20-15-9-10-16-17(11-15)23-12-22-16/h4-11,13,18H,3,12H2,1-2H3,(H,20,21)/t13-,18-/m1/s1. The van der Waals surface area contributed by atoms with Crippen molar-refractivity contribution in [3.05, 3.63) is 54.1 Å². The lowest BCUT2D eigenvalue weighted by Gasteiger charge is -2.23. The number of ether oxygens (including phenoxy) is 2. The van der Waals surface area contributed by atoms with Gasteiger partial charge >= 0.3 is 0 Å². The molecule has 1 aliphatic heterocycles. The molecular formula is C19H21NO3. The molecule has 1 amide bonds. The summed E-state index contributed by atoms with van der Waals surface area (Å²) in [5, 5.41) is 3.01. The van der Waals surface area contributed by atoms with Gasteiger partial charge in [0.25, 0.3) is 0 Å². The SMILES string of the molecule is CC[C@@H](C)[C@@H](C(=O)Nc1ccc2c(c1)OCO2)c1ccccc1. The van der Waals surface area contributed by atoms with Crippen LogP contribution in [0.5, 0.6) is 11.5 Å². The minimum Gasteiger partial charge on any atom is -0.454 e. The Kier molecular flexibility index (Phi) is 4.51. The topological polar surface area (TPSA) is 47.6 Å². The average molecular weight is 311 g/mol. The third-order valence-electron chi connectivity index (χ3n) is 4.29. The van der Waals surface area contributed by atoms with E-state index in [1.807, 2.05) is 42.5 Å². The molecule has 2 aromatic carbocycles. The van der Waals surface area contributed by atoms with Crippen LogP contribution in [0.25, 0.3) is 0 Å². The Hall–Kier alpha value is -2.49. The van der Waals surface area contributed by atoms with Gasteiger partial charge in [0.15, 0.2) is 11.5 Å². The van der Waals surface area contributed by atoms with E-state index in [9.17, 15) is 4.79 Å². The zero-order valence-corrected chi connectivity index (χ0v) is 13.4. The molecular weight excluding hydrogens is 290 g/mol. The van der Waals surface area contributed by atoms with Crippen LogP contribution in [0.2, 0.25) is 0 Å². The molecule has 0 aliphatic carbocycles. The fourth-order valence-corrected chi connectivity index (χ4v) is 2.83. The average Bonchev–Trinajstić information content (AvgIpc) is 3.03. The monoisotopic (exact) mass is 311 g/mol. The molecule has 0 aromatic heterocycles. The Morgan fingerprint density at radius 1 is 1.13 bits per heavy atom. The van der Waals surface area contributed by atoms with Gasteiger partial charge in [-0.2, -0.15) is 0 Å². The lowest BCUT2D eigenvalue weighted by Crippen LogP contribution is -2.26. The van der Waals surface area contributed by atoms with E-state index >= 15 is 0 Å². The van der Waals surface area contributed by atoms with E-state index in [2.05, 4.69) is 19.2 Å². The molecule has 1 N–H and O–H groups in total. The highest BCUT2D eigenvalue weighted by Gasteiger charge is 2.26. The Morgan fingerprint density at radius 3 is 2.61 bits per heavy atom. The van der Waals surface area contributed by atoms with Crippen molar-refractivity contribution in [1.82, 2.24) is 0 Å². The molecule has 0 saturated heterocycles. The molecule has 120 valence electrons. The summed E-state index contributed by atoms with van der Waals surface area (Å²) in [6.07, 6.45) is 0.939. The molecule has 4 nitrogen and oxygen atoms in total. The summed E-state index contributed by atoms with van der Waals surface area (Å²) in [5.41, 5.74) is 1.77. The van der Waals surface area contributed by atoms with Gasteiger partial charge in [0.1, 0.15) is 0 Å². The molecule has 0 spiro atoms. The number of rotatable bonds is 5. The van der Waals surface area contributed by atoms with Crippen LogP contribution in [0, 0.1) is 5.92 Å². The smallest absolute Gasteiger partial charge is 0.232 e. The summed E-state index contributed by atoms with van der Waals surface area (Å²) in [7, 11) is 0. The summed E-state index contributed by atoms with van der Waals surface area (Å²) < 4.78 is 10.7. The van der Waals surface area contributed by atoms with E-state index in [0.29, 0.717) is 11.5 Å². The second kappa shape index (κ2) is 6.73. The van der Waals surface area contributed by atoms with Crippen LogP contribution in [-0.4, -0.2) is 12.7 Å². The predicted molar refractivity (Wildman–Crippen MR) is 89.8 cm³/mol. The molecule has 0 bridgehead atoms. The number of nitrogens with one attached hydrogen (secondary N) is 1. The van der Waals surface area contributed by atoms with Crippen molar-refractivity contribution in [2.45, 2.75) is 26.2 Å². The van der Waals surface area contributed by atoms with E-state index in [4.69, 9.17) is 9.47 Å². The highest BCUT2D eigenvalue weighted by atomic mass is 16.7. The summed E-state index contributed by atoms with van der Waals surface area (Å²) in [6, 6.07) is 15.4. The highest BCUT2D eigenvalue weighted by molar-refractivity contribution is 5.96. The van der Waals surface area contributed by atoms with Crippen molar-refractivity contribution in [3.8, 4) is 11.5 Å². The first-order chi connectivity index (χ1) is 11.2. The van der Waals surface area contributed by atoms with Crippen molar-refractivity contribution >= 4 is 11.6 Å². The zero-order valence-electron chi connectivity index (χ0n) is 13.4. The fraction of sp³-hybridized carbons (Fsp3) is 0.316. The van der Waals surface area contributed by atoms with Gasteiger partial charge in [0.05, 0.1) is 5.92 Å². The van der Waals surface area contributed by atoms with Gasteiger partial charge in [-0.05, 0) is 23.6 Å². The van der Waals surface area contributed by atoms with E-state index < -0.39 is 0 Å². The number of carbonyl (C=O) groups excluding carboxylic acids is 1. The van der Waals surface area contributed by atoms with E-state index in [-0.39, 0.29) is 24.5 Å². The molecule has 2 aromatic rings. The summed E-state index contributed by atoms with van der Waals surface area (Å²) in [5.74, 6) is 1.47. The molecule has 0 fully saturated rings. The van der Waals surface area contributed by atoms with Gasteiger partial charge in [-0.1, -0.05) is 50.6 Å². The summed E-state index contributed by atoms with van der Waals surface area (Å²) in [4.78, 5) is 12.8. The van der Waals surface area contributed by atoms with Gasteiger partial charge < -0.3 is 14.8 Å². The molecule has 3 rings (SSSR count). The van der Waals surface area contributed by atoms with Crippen molar-refractivity contribution in [2.24, 2.45) is 5.92 Å². The third-order valence-corrected chi connectivity index (χ3v) is 4.29. The lowest BCUT2D eigenvalue weighted by molar-refractivity contribution is -0.118. The molecule has 1 heterocycles. The maximum absolute atomic E-state index is 12.8. The minimum absolute atomic E-state index is 0.00409. The first-order valence-electron chi connectivity index (χ1n) is 7.94. The Balaban J connectivity index is 1.81. The lowest BCUT2D eigenvalue weighted by atomic mass is 9.85. The van der Waals surface area contributed by atoms with Gasteiger partial charge in [0, 0.05) is 11.8 Å². The molecule has 0 radical (unpaired) electrons. The fourth-order valence-electron chi connectivity index (χ4n) is 2.83. The Bertz CT molecular complexity index is 684. The highest BCUT2D eigenvalue weighted by Crippen LogP contribution is 2.35. The Labute approximate surface area is 136 Å². The van der Waals surface area contributed by atoms with Crippen LogP contribution < -0.4 is 14.8 Å². The number of hydrogen-bond acceptors (Lipinski definition) is 3. The molecule has 0 saturated carbocycles. The number of carbonyl (C=O) groups is 1. The van der Waals surface area contributed by atoms with E-state index in [0.717, 1.165) is 17.7 Å². The number of anilines is 1. The zero-order chi connectivity index (χ0) is 16.2. The van der Waals surface area contributed by atoms with Crippen LogP contribution in [0.1, 0.15) is 31.7 Å². The second-order valence-corrected chi connectivity index (χ2v) is 5.83. The minimum atomic E-state index is -0.174. The third kappa shape index (κ3) is 3.31. The second-order valence-electron chi connectivity index (χ2n) is 5.83. The van der Waals surface area contributed by atoms with Crippen molar-refractivity contribution in [2.75, 3.05) is 12.1 Å². The van der Waals surface area contributed by atoms with Crippen molar-refractivity contribution < 1.29 is 14.3 Å². The van der Waals surface area contributed by atoms with Gasteiger partial charge in [0.2, 0.25) is 12.7 Å². The maximum atomic E-state index is 12.8. The summed E-state index contributed by atoms with van der Waals surface area (Å²) >= 11 is 0. The van der Waals surface area contributed by atoms with Gasteiger partial charge in [-0.25, -0.2) is 0 Å². The number of fused-ring (bicyclic) bond motifs is 1. The molecule has 1 aliphatic rings. The number of amides is 1. The van der Waals surface area contributed by atoms with Crippen LogP contribution >= 0.6 is 0 Å². The predicted octanol–water partition coefficient (Wildman–Crippen LogP) is 4.18. The summed E-state index contributed by atoms with van der Waals surface area (Å²) in [6.45, 7) is 4.44. The number of hydrogen-bond donors (Lipinski definition) is 1. The number of benzene rings is 2. The first kappa shape index (κ1) is 15.4. The van der Waals surface area contributed by atoms with Crippen LogP contribution in [0.15, 0.2) is 48.5 Å². The Morgan fingerprint density at radius 2 is 1.87 bits per heavy atom. The molecule has 4 heteroatoms. The van der Waals surface area contributed by atoms with Gasteiger partial charge in [-0.3, -0.25) is 4.79 Å². The van der Waals surface area contributed by atoms with E-state index in [1.54, 1.807) is 6.07 Å². The normalized spacial score (nSPS) is 15.0. The molecule has 2 atom stereocenters. The van der Waals surface area contributed by atoms with E-state index in [1.165, 1.54) is 0 Å². The quantitative estimate of drug-likeness (QED) is 0.901. The van der Waals surface area contributed by atoms with Crippen LogP contribution in [0.3, 0.4) is 0 Å². The van der Waals surface area contributed by atoms with Crippen LogP contribution in [-0.2, 0) is 4.79 Å². The largest absolute Gasteiger partial charge is 0.454 e. The first-order valence-corrected chi connectivity index (χ1v) is 7.94.